The molecular weight excluding hydrogens is 514 g/mol. The van der Waals surface area contributed by atoms with Crippen LogP contribution in [0.25, 0.3) is 0 Å². The monoisotopic (exact) mass is 535 g/mol. The molecule has 8 heteroatoms. The number of Topliss-reactive ketones (excluding diaryl/α,β-unsaturated/α-hetero) is 1. The molecule has 3 aromatic rings. The van der Waals surface area contributed by atoms with E-state index in [2.05, 4.69) is 15.9 Å². The minimum atomic E-state index is -0.598. The molecular formula is C27H22BrNO6. The standard InChI is InChI=1S/C27H22BrNO6/c28-22-10-6-20(7-11-22)27(33)35-23-12-8-19(9-13-23)24(30)17-34-26(32)21-14-25(31)29(16-21)15-18-4-2-1-3-5-18/h1-13,21H,14-17H2/t21-/m0/s1. The van der Waals surface area contributed by atoms with Crippen LogP contribution < -0.4 is 4.74 Å². The second-order valence-corrected chi connectivity index (χ2v) is 9.03. The van der Waals surface area contributed by atoms with Crippen molar-refractivity contribution < 1.29 is 28.7 Å². The van der Waals surface area contributed by atoms with Crippen molar-refractivity contribution in [2.45, 2.75) is 13.0 Å². The predicted molar refractivity (Wildman–Crippen MR) is 131 cm³/mol. The summed E-state index contributed by atoms with van der Waals surface area (Å²) in [6.07, 6.45) is 0.0677. The van der Waals surface area contributed by atoms with Gasteiger partial charge < -0.3 is 14.4 Å². The third kappa shape index (κ3) is 6.42. The van der Waals surface area contributed by atoms with Gasteiger partial charge in [-0.3, -0.25) is 14.4 Å². The summed E-state index contributed by atoms with van der Waals surface area (Å²) in [5.74, 6) is -1.90. The lowest BCUT2D eigenvalue weighted by atomic mass is 10.1. The summed E-state index contributed by atoms with van der Waals surface area (Å²) in [6.45, 7) is 0.264. The highest BCUT2D eigenvalue weighted by molar-refractivity contribution is 9.10. The molecule has 35 heavy (non-hydrogen) atoms. The van der Waals surface area contributed by atoms with Gasteiger partial charge in [0.05, 0.1) is 11.5 Å². The number of carbonyl (C=O) groups excluding carboxylic acids is 4. The fraction of sp³-hybridized carbons (Fsp3) is 0.185. The number of nitrogens with zero attached hydrogens (tertiary/aromatic N) is 1. The Morgan fingerprint density at radius 3 is 2.23 bits per heavy atom. The second-order valence-electron chi connectivity index (χ2n) is 8.11. The number of ketones is 1. The Morgan fingerprint density at radius 1 is 0.886 bits per heavy atom. The topological polar surface area (TPSA) is 90.0 Å². The summed E-state index contributed by atoms with van der Waals surface area (Å²) >= 11 is 3.31. The molecule has 1 fully saturated rings. The van der Waals surface area contributed by atoms with Crippen molar-refractivity contribution in [2.75, 3.05) is 13.2 Å². The van der Waals surface area contributed by atoms with E-state index in [1.165, 1.54) is 24.3 Å². The lowest BCUT2D eigenvalue weighted by molar-refractivity contribution is -0.147. The summed E-state index contributed by atoms with van der Waals surface area (Å²) in [4.78, 5) is 51.0. The van der Waals surface area contributed by atoms with Crippen molar-refractivity contribution in [1.82, 2.24) is 4.90 Å². The first kappa shape index (κ1) is 24.3. The molecule has 0 bridgehead atoms. The average molecular weight is 536 g/mol. The van der Waals surface area contributed by atoms with Crippen molar-refractivity contribution in [3.05, 3.63) is 100 Å². The zero-order valence-corrected chi connectivity index (χ0v) is 20.3. The maximum absolute atomic E-state index is 12.5. The molecule has 0 aromatic heterocycles. The Morgan fingerprint density at radius 2 is 1.54 bits per heavy atom. The molecule has 0 saturated carbocycles. The van der Waals surface area contributed by atoms with Crippen LogP contribution in [0, 0.1) is 5.92 Å². The third-order valence-corrected chi connectivity index (χ3v) is 6.11. The molecule has 3 aromatic carbocycles. The van der Waals surface area contributed by atoms with Crippen LogP contribution in [0.3, 0.4) is 0 Å². The van der Waals surface area contributed by atoms with Crippen LogP contribution in [0.5, 0.6) is 5.75 Å². The van der Waals surface area contributed by atoms with E-state index in [-0.39, 0.29) is 24.6 Å². The number of benzene rings is 3. The van der Waals surface area contributed by atoms with Gasteiger partial charge in [-0.15, -0.1) is 0 Å². The van der Waals surface area contributed by atoms with Crippen LogP contribution in [0.4, 0.5) is 0 Å². The van der Waals surface area contributed by atoms with Gasteiger partial charge in [0.15, 0.2) is 12.4 Å². The Labute approximate surface area is 210 Å². The Bertz CT molecular complexity index is 1220. The molecule has 7 nitrogen and oxygen atoms in total. The minimum absolute atomic E-state index is 0.0677. The maximum atomic E-state index is 12.5. The summed E-state index contributed by atoms with van der Waals surface area (Å²) in [7, 11) is 0. The van der Waals surface area contributed by atoms with Crippen molar-refractivity contribution in [2.24, 2.45) is 5.92 Å². The predicted octanol–water partition coefficient (Wildman–Crippen LogP) is 4.44. The van der Waals surface area contributed by atoms with Gasteiger partial charge in [-0.25, -0.2) is 4.79 Å². The van der Waals surface area contributed by atoms with Crippen LogP contribution in [-0.2, 0) is 20.9 Å². The highest BCUT2D eigenvalue weighted by atomic mass is 79.9. The highest BCUT2D eigenvalue weighted by Crippen LogP contribution is 2.22. The number of hydrogen-bond acceptors (Lipinski definition) is 6. The molecule has 0 radical (unpaired) electrons. The SMILES string of the molecule is O=C(COC(=O)[C@H]1CC(=O)N(Cc2ccccc2)C1)c1ccc(OC(=O)c2ccc(Br)cc2)cc1. The molecule has 0 unspecified atom stereocenters. The average Bonchev–Trinajstić information content (AvgIpc) is 3.23. The number of likely N-dealkylation sites (tertiary alicyclic amines) is 1. The van der Waals surface area contributed by atoms with E-state index in [9.17, 15) is 19.2 Å². The molecule has 178 valence electrons. The van der Waals surface area contributed by atoms with E-state index < -0.39 is 30.2 Å². The first-order valence-corrected chi connectivity index (χ1v) is 11.8. The first-order chi connectivity index (χ1) is 16.9. The minimum Gasteiger partial charge on any atom is -0.457 e. The van der Waals surface area contributed by atoms with E-state index in [1.54, 1.807) is 29.2 Å². The largest absolute Gasteiger partial charge is 0.457 e. The fourth-order valence-electron chi connectivity index (χ4n) is 3.69. The number of halogens is 1. The smallest absolute Gasteiger partial charge is 0.343 e. The quantitative estimate of drug-likeness (QED) is 0.240. The van der Waals surface area contributed by atoms with Crippen molar-refractivity contribution in [1.29, 1.82) is 0 Å². The Hall–Kier alpha value is -3.78. The molecule has 0 aliphatic carbocycles. The molecule has 1 aliphatic rings. The maximum Gasteiger partial charge on any atom is 0.343 e. The van der Waals surface area contributed by atoms with Gasteiger partial charge in [-0.05, 0) is 54.1 Å². The number of ether oxygens (including phenoxy) is 2. The van der Waals surface area contributed by atoms with E-state index >= 15 is 0 Å². The lowest BCUT2D eigenvalue weighted by Gasteiger charge is -2.16. The van der Waals surface area contributed by atoms with Gasteiger partial charge in [0.2, 0.25) is 5.91 Å². The van der Waals surface area contributed by atoms with Gasteiger partial charge in [-0.1, -0.05) is 46.3 Å². The normalized spacial score (nSPS) is 15.1. The summed E-state index contributed by atoms with van der Waals surface area (Å²) in [6, 6.07) is 22.3. The van der Waals surface area contributed by atoms with Crippen LogP contribution in [0.2, 0.25) is 0 Å². The number of esters is 2. The number of amides is 1. The first-order valence-electron chi connectivity index (χ1n) is 11.0. The third-order valence-electron chi connectivity index (χ3n) is 5.58. The van der Waals surface area contributed by atoms with Crippen molar-refractivity contribution >= 4 is 39.6 Å². The van der Waals surface area contributed by atoms with Crippen LogP contribution >= 0.6 is 15.9 Å². The summed E-state index contributed by atoms with van der Waals surface area (Å²) in [5.41, 5.74) is 1.69. The molecule has 1 atom stereocenters. The molecule has 1 amide bonds. The van der Waals surface area contributed by atoms with Gasteiger partial charge in [0, 0.05) is 29.5 Å². The molecule has 0 spiro atoms. The molecule has 4 rings (SSSR count). The summed E-state index contributed by atoms with van der Waals surface area (Å²) < 4.78 is 11.4. The van der Waals surface area contributed by atoms with Crippen LogP contribution in [-0.4, -0.2) is 41.7 Å². The van der Waals surface area contributed by atoms with Gasteiger partial charge in [-0.2, -0.15) is 0 Å². The van der Waals surface area contributed by atoms with Crippen LogP contribution in [0.1, 0.15) is 32.7 Å². The zero-order valence-electron chi connectivity index (χ0n) is 18.7. The molecule has 1 aliphatic heterocycles. The van der Waals surface area contributed by atoms with Crippen molar-refractivity contribution in [3.8, 4) is 5.75 Å². The Kier molecular flexibility index (Phi) is 7.72. The van der Waals surface area contributed by atoms with Gasteiger partial charge in [0.25, 0.3) is 0 Å². The van der Waals surface area contributed by atoms with E-state index in [0.29, 0.717) is 17.7 Å². The fourth-order valence-corrected chi connectivity index (χ4v) is 3.95. The second kappa shape index (κ2) is 11.1. The number of carbonyl (C=O) groups is 4. The van der Waals surface area contributed by atoms with Gasteiger partial charge in [0.1, 0.15) is 5.75 Å². The number of hydrogen-bond donors (Lipinski definition) is 0. The van der Waals surface area contributed by atoms with Crippen LogP contribution in [0.15, 0.2) is 83.3 Å². The van der Waals surface area contributed by atoms with E-state index in [0.717, 1.165) is 10.0 Å². The molecule has 1 heterocycles. The summed E-state index contributed by atoms with van der Waals surface area (Å²) in [5, 5.41) is 0. The molecule has 0 N–H and O–H groups in total. The Balaban J connectivity index is 1.26. The van der Waals surface area contributed by atoms with E-state index in [1.807, 2.05) is 30.3 Å². The lowest BCUT2D eigenvalue weighted by Crippen LogP contribution is -2.27. The highest BCUT2D eigenvalue weighted by Gasteiger charge is 2.35. The van der Waals surface area contributed by atoms with Crippen molar-refractivity contribution in [3.63, 3.8) is 0 Å². The van der Waals surface area contributed by atoms with Gasteiger partial charge >= 0.3 is 11.9 Å². The zero-order chi connectivity index (χ0) is 24.8. The number of rotatable bonds is 8. The molecule has 1 saturated heterocycles. The van der Waals surface area contributed by atoms with E-state index in [4.69, 9.17) is 9.47 Å².